The predicted octanol–water partition coefficient (Wildman–Crippen LogP) is 4.31. The molecule has 2 aromatic rings. The van der Waals surface area contributed by atoms with Gasteiger partial charge in [0.15, 0.2) is 0 Å². The number of halogens is 1. The highest BCUT2D eigenvalue weighted by Gasteiger charge is 2.02. The minimum atomic E-state index is 0.753. The molecule has 0 fully saturated rings. The molecule has 0 radical (unpaired) electrons. The van der Waals surface area contributed by atoms with Gasteiger partial charge in [0.05, 0.1) is 10.4 Å². The quantitative estimate of drug-likeness (QED) is 0.854. The van der Waals surface area contributed by atoms with Crippen molar-refractivity contribution in [3.8, 4) is 0 Å². The van der Waals surface area contributed by atoms with Crippen LogP contribution in [0.1, 0.15) is 11.1 Å². The highest BCUT2D eigenvalue weighted by molar-refractivity contribution is 9.11. The second-order valence-corrected chi connectivity index (χ2v) is 6.30. The monoisotopic (exact) mass is 325 g/mol. The highest BCUT2D eigenvalue weighted by Crippen LogP contribution is 2.22. The van der Waals surface area contributed by atoms with Gasteiger partial charge in [0, 0.05) is 19.3 Å². The molecular weight excluding hydrogens is 310 g/mol. The number of thiophene rings is 1. The van der Waals surface area contributed by atoms with Crippen LogP contribution in [0.25, 0.3) is 0 Å². The molecule has 0 aliphatic heterocycles. The van der Waals surface area contributed by atoms with Crippen molar-refractivity contribution < 1.29 is 4.74 Å². The molecule has 0 bridgehead atoms. The molecule has 0 aliphatic carbocycles. The van der Waals surface area contributed by atoms with Crippen molar-refractivity contribution >= 4 is 33.0 Å². The van der Waals surface area contributed by atoms with E-state index in [1.165, 1.54) is 20.6 Å². The van der Waals surface area contributed by atoms with E-state index in [0.29, 0.717) is 0 Å². The fourth-order valence-corrected chi connectivity index (χ4v) is 2.97. The zero-order valence-corrected chi connectivity index (χ0v) is 12.7. The van der Waals surface area contributed by atoms with E-state index in [4.69, 9.17) is 4.74 Å². The average Bonchev–Trinajstić information content (AvgIpc) is 2.81. The first-order valence-electron chi connectivity index (χ1n) is 5.83. The SMILES string of the molecule is COCCc1ccccc1NCc1csc(Br)c1. The number of methoxy groups -OCH3 is 1. The Kier molecular flexibility index (Phi) is 5.23. The molecule has 96 valence electrons. The van der Waals surface area contributed by atoms with Gasteiger partial charge in [-0.1, -0.05) is 18.2 Å². The van der Waals surface area contributed by atoms with Crippen LogP contribution in [0.3, 0.4) is 0 Å². The van der Waals surface area contributed by atoms with Crippen LogP contribution in [-0.4, -0.2) is 13.7 Å². The smallest absolute Gasteiger partial charge is 0.0701 e. The van der Waals surface area contributed by atoms with Gasteiger partial charge in [-0.2, -0.15) is 0 Å². The molecule has 4 heteroatoms. The van der Waals surface area contributed by atoms with Crippen LogP contribution >= 0.6 is 27.3 Å². The predicted molar refractivity (Wildman–Crippen MR) is 81.4 cm³/mol. The topological polar surface area (TPSA) is 21.3 Å². The Balaban J connectivity index is 1.99. The molecule has 0 amide bonds. The van der Waals surface area contributed by atoms with Gasteiger partial charge in [-0.25, -0.2) is 0 Å². The molecule has 2 rings (SSSR count). The number of ether oxygens (including phenoxy) is 1. The zero-order valence-electron chi connectivity index (χ0n) is 10.3. The third-order valence-corrected chi connectivity index (χ3v) is 4.25. The van der Waals surface area contributed by atoms with Gasteiger partial charge in [0.2, 0.25) is 0 Å². The molecule has 0 spiro atoms. The number of nitrogens with one attached hydrogen (secondary N) is 1. The van der Waals surface area contributed by atoms with Crippen molar-refractivity contribution in [3.05, 3.63) is 50.6 Å². The largest absolute Gasteiger partial charge is 0.384 e. The highest BCUT2D eigenvalue weighted by atomic mass is 79.9. The molecule has 1 heterocycles. The first-order chi connectivity index (χ1) is 8.79. The van der Waals surface area contributed by atoms with Crippen LogP contribution in [0.15, 0.2) is 39.5 Å². The van der Waals surface area contributed by atoms with E-state index in [2.05, 4.69) is 57.0 Å². The van der Waals surface area contributed by atoms with Crippen LogP contribution in [-0.2, 0) is 17.7 Å². The Bertz CT molecular complexity index is 498. The number of benzene rings is 1. The summed E-state index contributed by atoms with van der Waals surface area (Å²) in [5.41, 5.74) is 3.79. The lowest BCUT2D eigenvalue weighted by Crippen LogP contribution is -2.03. The molecule has 18 heavy (non-hydrogen) atoms. The maximum Gasteiger partial charge on any atom is 0.0701 e. The van der Waals surface area contributed by atoms with E-state index in [1.54, 1.807) is 18.4 Å². The lowest BCUT2D eigenvalue weighted by atomic mass is 10.1. The molecule has 0 saturated carbocycles. The van der Waals surface area contributed by atoms with Gasteiger partial charge in [-0.3, -0.25) is 0 Å². The third-order valence-electron chi connectivity index (χ3n) is 2.70. The molecule has 0 saturated heterocycles. The second kappa shape index (κ2) is 6.92. The maximum atomic E-state index is 5.13. The molecule has 1 aromatic carbocycles. The van der Waals surface area contributed by atoms with Crippen molar-refractivity contribution in [2.45, 2.75) is 13.0 Å². The van der Waals surface area contributed by atoms with Crippen LogP contribution in [0.4, 0.5) is 5.69 Å². The molecule has 2 nitrogen and oxygen atoms in total. The van der Waals surface area contributed by atoms with Crippen molar-refractivity contribution in [2.24, 2.45) is 0 Å². The van der Waals surface area contributed by atoms with Gasteiger partial charge >= 0.3 is 0 Å². The first-order valence-corrected chi connectivity index (χ1v) is 7.50. The van der Waals surface area contributed by atoms with Gasteiger partial charge in [-0.05, 0) is 51.0 Å². The molecule has 1 aromatic heterocycles. The normalized spacial score (nSPS) is 10.6. The van der Waals surface area contributed by atoms with Gasteiger partial charge < -0.3 is 10.1 Å². The first kappa shape index (κ1) is 13.6. The van der Waals surface area contributed by atoms with E-state index in [1.807, 2.05) is 0 Å². The van der Waals surface area contributed by atoms with Gasteiger partial charge in [0.1, 0.15) is 0 Å². The van der Waals surface area contributed by atoms with Crippen LogP contribution in [0.5, 0.6) is 0 Å². The van der Waals surface area contributed by atoms with Crippen LogP contribution in [0.2, 0.25) is 0 Å². The summed E-state index contributed by atoms with van der Waals surface area (Å²) in [6.07, 6.45) is 0.938. The number of hydrogen-bond donors (Lipinski definition) is 1. The zero-order chi connectivity index (χ0) is 12.8. The Morgan fingerprint density at radius 3 is 2.89 bits per heavy atom. The maximum absolute atomic E-state index is 5.13. The fraction of sp³-hybridized carbons (Fsp3) is 0.286. The third kappa shape index (κ3) is 3.83. The van der Waals surface area contributed by atoms with E-state index >= 15 is 0 Å². The summed E-state index contributed by atoms with van der Waals surface area (Å²) in [7, 11) is 1.74. The number of hydrogen-bond acceptors (Lipinski definition) is 3. The Morgan fingerprint density at radius 2 is 2.17 bits per heavy atom. The Labute approximate surface area is 120 Å². The average molecular weight is 326 g/mol. The van der Waals surface area contributed by atoms with E-state index < -0.39 is 0 Å². The molecule has 0 unspecified atom stereocenters. The molecule has 1 N–H and O–H groups in total. The minimum absolute atomic E-state index is 0.753. The summed E-state index contributed by atoms with van der Waals surface area (Å²) in [6.45, 7) is 1.61. The van der Waals surface area contributed by atoms with Crippen LogP contribution < -0.4 is 5.32 Å². The fourth-order valence-electron chi connectivity index (χ4n) is 1.76. The summed E-state index contributed by atoms with van der Waals surface area (Å²) in [5.74, 6) is 0. The second-order valence-electron chi connectivity index (χ2n) is 4.01. The van der Waals surface area contributed by atoms with Crippen molar-refractivity contribution in [1.82, 2.24) is 0 Å². The summed E-state index contributed by atoms with van der Waals surface area (Å²) in [5, 5.41) is 5.64. The van der Waals surface area contributed by atoms with Gasteiger partial charge in [-0.15, -0.1) is 11.3 Å². The Morgan fingerprint density at radius 1 is 1.33 bits per heavy atom. The lowest BCUT2D eigenvalue weighted by Gasteiger charge is -2.11. The summed E-state index contributed by atoms with van der Waals surface area (Å²) < 4.78 is 6.31. The lowest BCUT2D eigenvalue weighted by molar-refractivity contribution is 0.202. The number of rotatable bonds is 6. The summed E-state index contributed by atoms with van der Waals surface area (Å²) in [4.78, 5) is 0. The van der Waals surface area contributed by atoms with Crippen molar-refractivity contribution in [3.63, 3.8) is 0 Å². The summed E-state index contributed by atoms with van der Waals surface area (Å²) in [6, 6.07) is 10.5. The van der Waals surface area contributed by atoms with E-state index in [-0.39, 0.29) is 0 Å². The molecular formula is C14H16BrNOS. The van der Waals surface area contributed by atoms with Crippen molar-refractivity contribution in [1.29, 1.82) is 0 Å². The van der Waals surface area contributed by atoms with Crippen molar-refractivity contribution in [2.75, 3.05) is 19.0 Å². The van der Waals surface area contributed by atoms with Crippen LogP contribution in [0, 0.1) is 0 Å². The van der Waals surface area contributed by atoms with E-state index in [9.17, 15) is 0 Å². The minimum Gasteiger partial charge on any atom is -0.384 e. The molecule has 0 aliphatic rings. The standard InChI is InChI=1S/C14H16BrNOS/c1-17-7-6-12-4-2-3-5-13(12)16-9-11-8-14(15)18-10-11/h2-5,8,10,16H,6-7,9H2,1H3. The Hall–Kier alpha value is -0.840. The molecule has 0 atom stereocenters. The van der Waals surface area contributed by atoms with Gasteiger partial charge in [0.25, 0.3) is 0 Å². The number of anilines is 1. The van der Waals surface area contributed by atoms with E-state index in [0.717, 1.165) is 19.6 Å². The number of para-hydroxylation sites is 1. The summed E-state index contributed by atoms with van der Waals surface area (Å²) >= 11 is 5.20.